The van der Waals surface area contributed by atoms with E-state index in [1.54, 1.807) is 24.2 Å². The standard InChI is InChI=1S/C25H21NO5/c1-14-18-13-31-24(27)23(18)16-8-6-4-5-7-9-20-21(14)22(16)17-12-15(29-2)10-11-19(17)26(20)25(28)30-3/h4-5,10-12,16,18,20,22-23H,13H2,1-3H3. The minimum atomic E-state index is -0.526. The van der Waals surface area contributed by atoms with Gasteiger partial charge in [0.1, 0.15) is 11.8 Å². The number of benzene rings is 1. The highest BCUT2D eigenvalue weighted by Gasteiger charge is 2.55. The van der Waals surface area contributed by atoms with Crippen LogP contribution in [0, 0.1) is 41.4 Å². The zero-order valence-electron chi connectivity index (χ0n) is 17.5. The molecule has 156 valence electrons. The Morgan fingerprint density at radius 2 is 1.97 bits per heavy atom. The number of rotatable bonds is 1. The number of carbonyl (C=O) groups is 2. The SMILES string of the molecule is COC(=O)N1c2ccc(OC)cc2C2C3=C(C)C4COC(=O)C4C2C#CC=CC#CC31. The molecule has 4 bridgehead atoms. The first-order valence-corrected chi connectivity index (χ1v) is 10.2. The van der Waals surface area contributed by atoms with Crippen molar-refractivity contribution in [2.24, 2.45) is 17.8 Å². The van der Waals surface area contributed by atoms with Crippen LogP contribution in [-0.2, 0) is 14.3 Å². The Hall–Kier alpha value is -3.64. The van der Waals surface area contributed by atoms with E-state index in [1.807, 2.05) is 25.1 Å². The molecule has 0 saturated carbocycles. The van der Waals surface area contributed by atoms with E-state index in [9.17, 15) is 9.59 Å². The van der Waals surface area contributed by atoms with Crippen molar-refractivity contribution in [1.82, 2.24) is 0 Å². The number of anilines is 1. The number of hydrogen-bond acceptors (Lipinski definition) is 5. The van der Waals surface area contributed by atoms with Gasteiger partial charge in [-0.1, -0.05) is 29.3 Å². The molecule has 5 unspecified atom stereocenters. The first kappa shape index (κ1) is 19.3. The highest BCUT2D eigenvalue weighted by atomic mass is 16.5. The van der Waals surface area contributed by atoms with Crippen LogP contribution in [0.4, 0.5) is 10.5 Å². The maximum absolute atomic E-state index is 12.9. The zero-order chi connectivity index (χ0) is 21.7. The fraction of sp³-hybridized carbons (Fsp3) is 0.360. The van der Waals surface area contributed by atoms with E-state index in [0.717, 1.165) is 16.7 Å². The van der Waals surface area contributed by atoms with Gasteiger partial charge in [0.15, 0.2) is 0 Å². The molecule has 1 aromatic carbocycles. The minimum Gasteiger partial charge on any atom is -0.497 e. The Morgan fingerprint density at radius 3 is 2.71 bits per heavy atom. The summed E-state index contributed by atoms with van der Waals surface area (Å²) in [6, 6.07) is 5.05. The zero-order valence-corrected chi connectivity index (χ0v) is 17.5. The van der Waals surface area contributed by atoms with Crippen molar-refractivity contribution in [2.45, 2.75) is 18.9 Å². The summed E-state index contributed by atoms with van der Waals surface area (Å²) < 4.78 is 16.1. The van der Waals surface area contributed by atoms with Gasteiger partial charge < -0.3 is 14.2 Å². The maximum Gasteiger partial charge on any atom is 0.415 e. The van der Waals surface area contributed by atoms with E-state index in [2.05, 4.69) is 23.7 Å². The molecule has 6 nitrogen and oxygen atoms in total. The Labute approximate surface area is 180 Å². The number of methoxy groups -OCH3 is 2. The van der Waals surface area contributed by atoms with Crippen molar-refractivity contribution >= 4 is 17.7 Å². The molecule has 6 heteroatoms. The molecule has 2 aliphatic carbocycles. The molecule has 5 atom stereocenters. The van der Waals surface area contributed by atoms with Crippen molar-refractivity contribution in [2.75, 3.05) is 25.7 Å². The second-order valence-corrected chi connectivity index (χ2v) is 7.98. The lowest BCUT2D eigenvalue weighted by atomic mass is 9.60. The Kier molecular flexibility index (Phi) is 4.52. The molecule has 0 aromatic heterocycles. The molecule has 0 spiro atoms. The summed E-state index contributed by atoms with van der Waals surface area (Å²) in [6.07, 6.45) is 2.86. The number of allylic oxidation sites excluding steroid dienone is 2. The predicted molar refractivity (Wildman–Crippen MR) is 113 cm³/mol. The lowest BCUT2D eigenvalue weighted by molar-refractivity contribution is -0.142. The van der Waals surface area contributed by atoms with Crippen molar-refractivity contribution in [1.29, 1.82) is 0 Å². The summed E-state index contributed by atoms with van der Waals surface area (Å²) in [6.45, 7) is 2.34. The number of cyclic esters (lactones) is 1. The second kappa shape index (κ2) is 7.25. The quantitative estimate of drug-likeness (QED) is 0.401. The molecule has 1 amide bonds. The molecule has 0 radical (unpaired) electrons. The van der Waals surface area contributed by atoms with Crippen LogP contribution in [0.1, 0.15) is 18.4 Å². The fourth-order valence-corrected chi connectivity index (χ4v) is 5.31. The van der Waals surface area contributed by atoms with E-state index in [4.69, 9.17) is 14.2 Å². The average Bonchev–Trinajstić information content (AvgIpc) is 3.17. The summed E-state index contributed by atoms with van der Waals surface area (Å²) >= 11 is 0. The lowest BCUT2D eigenvalue weighted by Gasteiger charge is -2.47. The molecule has 31 heavy (non-hydrogen) atoms. The van der Waals surface area contributed by atoms with Gasteiger partial charge in [-0.25, -0.2) is 4.79 Å². The van der Waals surface area contributed by atoms with Crippen LogP contribution >= 0.6 is 0 Å². The topological polar surface area (TPSA) is 65.1 Å². The van der Waals surface area contributed by atoms with Gasteiger partial charge in [-0.15, -0.1) is 0 Å². The third-order valence-corrected chi connectivity index (χ3v) is 6.68. The van der Waals surface area contributed by atoms with E-state index >= 15 is 0 Å². The number of hydrogen-bond donors (Lipinski definition) is 0. The monoisotopic (exact) mass is 415 g/mol. The van der Waals surface area contributed by atoms with Crippen molar-refractivity contribution in [3.05, 3.63) is 47.1 Å². The molecular weight excluding hydrogens is 394 g/mol. The fourth-order valence-electron chi connectivity index (χ4n) is 5.31. The van der Waals surface area contributed by atoms with Crippen LogP contribution < -0.4 is 9.64 Å². The molecule has 1 saturated heterocycles. The molecule has 1 fully saturated rings. The molecule has 2 heterocycles. The molecule has 2 aliphatic heterocycles. The van der Waals surface area contributed by atoms with Crippen LogP contribution in [0.2, 0.25) is 0 Å². The average molecular weight is 415 g/mol. The molecule has 5 rings (SSSR count). The Bertz CT molecular complexity index is 1170. The van der Waals surface area contributed by atoms with E-state index in [1.165, 1.54) is 7.11 Å². The van der Waals surface area contributed by atoms with Crippen LogP contribution in [-0.4, -0.2) is 38.9 Å². The van der Waals surface area contributed by atoms with E-state index < -0.39 is 12.1 Å². The summed E-state index contributed by atoms with van der Waals surface area (Å²) in [5.74, 6) is 12.2. The molecular formula is C25H21NO5. The molecule has 4 aliphatic rings. The van der Waals surface area contributed by atoms with Gasteiger partial charge in [-0.2, -0.15) is 0 Å². The summed E-state index contributed by atoms with van der Waals surface area (Å²) in [5, 5.41) is 0. The normalized spacial score (nSPS) is 29.5. The van der Waals surface area contributed by atoms with Crippen molar-refractivity contribution in [3.8, 4) is 29.4 Å². The third-order valence-electron chi connectivity index (χ3n) is 6.68. The first-order chi connectivity index (χ1) is 15.1. The van der Waals surface area contributed by atoms with Crippen LogP contribution in [0.5, 0.6) is 5.75 Å². The van der Waals surface area contributed by atoms with Crippen LogP contribution in [0.15, 0.2) is 41.5 Å². The molecule has 0 N–H and O–H groups in total. The predicted octanol–water partition coefficient (Wildman–Crippen LogP) is 3.05. The summed E-state index contributed by atoms with van der Waals surface area (Å²) in [7, 11) is 2.96. The smallest absolute Gasteiger partial charge is 0.415 e. The van der Waals surface area contributed by atoms with Gasteiger partial charge in [0.2, 0.25) is 0 Å². The minimum absolute atomic E-state index is 0.0857. The number of ether oxygens (including phenoxy) is 3. The Balaban J connectivity index is 1.86. The lowest BCUT2D eigenvalue weighted by Crippen LogP contribution is -2.50. The number of esters is 1. The van der Waals surface area contributed by atoms with Crippen LogP contribution in [0.25, 0.3) is 0 Å². The first-order valence-electron chi connectivity index (χ1n) is 10.2. The van der Waals surface area contributed by atoms with Crippen molar-refractivity contribution < 1.29 is 23.8 Å². The van der Waals surface area contributed by atoms with Gasteiger partial charge in [0.25, 0.3) is 0 Å². The summed E-state index contributed by atoms with van der Waals surface area (Å²) in [4.78, 5) is 27.3. The second-order valence-electron chi connectivity index (χ2n) is 7.98. The van der Waals surface area contributed by atoms with Gasteiger partial charge >= 0.3 is 12.1 Å². The largest absolute Gasteiger partial charge is 0.497 e. The number of fused-ring (bicyclic) bond motifs is 3. The maximum atomic E-state index is 12.9. The Morgan fingerprint density at radius 1 is 1.19 bits per heavy atom. The van der Waals surface area contributed by atoms with E-state index in [-0.39, 0.29) is 29.6 Å². The van der Waals surface area contributed by atoms with Gasteiger partial charge in [0, 0.05) is 17.8 Å². The molecule has 1 aromatic rings. The highest BCUT2D eigenvalue weighted by Crippen LogP contribution is 2.56. The number of carbonyl (C=O) groups excluding carboxylic acids is 2. The number of nitrogens with zero attached hydrogens (tertiary/aromatic N) is 1. The third kappa shape index (κ3) is 2.75. The van der Waals surface area contributed by atoms with Gasteiger partial charge in [-0.05, 0) is 48.4 Å². The van der Waals surface area contributed by atoms with Crippen LogP contribution in [0.3, 0.4) is 0 Å². The summed E-state index contributed by atoms with van der Waals surface area (Å²) in [5.41, 5.74) is 3.59. The van der Waals surface area contributed by atoms with Crippen molar-refractivity contribution in [3.63, 3.8) is 0 Å². The van der Waals surface area contributed by atoms with Gasteiger partial charge in [-0.3, -0.25) is 9.69 Å². The van der Waals surface area contributed by atoms with Gasteiger partial charge in [0.05, 0.1) is 32.4 Å². The highest BCUT2D eigenvalue weighted by molar-refractivity contribution is 5.93. The number of amides is 1. The van der Waals surface area contributed by atoms with E-state index in [0.29, 0.717) is 18.0 Å².